The molecule has 7 aromatic carbocycles. The fourth-order valence-corrected chi connectivity index (χ4v) is 10.8. The summed E-state index contributed by atoms with van der Waals surface area (Å²) in [6, 6.07) is 64.3. The number of benzene rings is 7. The Labute approximate surface area is 335 Å². The predicted molar refractivity (Wildman–Crippen MR) is 240 cm³/mol. The molecule has 0 fully saturated rings. The van der Waals surface area contributed by atoms with E-state index in [1.54, 1.807) is 0 Å². The van der Waals surface area contributed by atoms with Gasteiger partial charge in [0.25, 0.3) is 0 Å². The molecule has 4 heterocycles. The number of fused-ring (bicyclic) bond motifs is 9. The molecule has 4 nitrogen and oxygen atoms in total. The van der Waals surface area contributed by atoms with Gasteiger partial charge in [-0.15, -0.1) is 11.3 Å². The van der Waals surface area contributed by atoms with Crippen molar-refractivity contribution < 1.29 is 0 Å². The molecule has 1 aliphatic carbocycles. The highest BCUT2D eigenvalue weighted by molar-refractivity contribution is 7.20. The number of nitrogens with zero attached hydrogens (tertiary/aromatic N) is 2. The van der Waals surface area contributed by atoms with Gasteiger partial charge in [0.05, 0.1) is 33.2 Å². The molecule has 272 valence electrons. The Morgan fingerprint density at radius 3 is 2.00 bits per heavy atom. The molecule has 0 spiro atoms. The molecule has 0 saturated carbocycles. The number of rotatable bonds is 5. The van der Waals surface area contributed by atoms with Crippen molar-refractivity contribution >= 4 is 71.5 Å². The second-order valence-corrected chi connectivity index (χ2v) is 16.4. The number of hydrogen-bond acceptors (Lipinski definition) is 3. The number of aromatic nitrogens is 2. The van der Waals surface area contributed by atoms with Crippen LogP contribution in [-0.4, -0.2) is 9.13 Å². The monoisotopic (exact) mass is 750 g/mol. The fraction of sp³-hybridized carbons (Fsp3) is 0.0769. The summed E-state index contributed by atoms with van der Waals surface area (Å²) in [5.41, 5.74) is 15.2. The summed E-state index contributed by atoms with van der Waals surface area (Å²) in [5, 5.41) is 13.2. The largest absolute Gasteiger partial charge is 0.351 e. The van der Waals surface area contributed by atoms with Crippen LogP contribution in [0.1, 0.15) is 46.0 Å². The zero-order valence-corrected chi connectivity index (χ0v) is 32.0. The lowest BCUT2D eigenvalue weighted by Crippen LogP contribution is -2.39. The van der Waals surface area contributed by atoms with E-state index in [2.05, 4.69) is 202 Å². The molecule has 2 unspecified atom stereocenters. The van der Waals surface area contributed by atoms with Crippen molar-refractivity contribution in [2.24, 2.45) is 0 Å². The lowest BCUT2D eigenvalue weighted by molar-refractivity contribution is 0.422. The Balaban J connectivity index is 0.986. The molecule has 0 radical (unpaired) electrons. The van der Waals surface area contributed by atoms with Gasteiger partial charge in [-0.25, -0.2) is 0 Å². The van der Waals surface area contributed by atoms with Gasteiger partial charge in [0.15, 0.2) is 6.29 Å². The predicted octanol–water partition coefficient (Wildman–Crippen LogP) is 13.4. The number of allylic oxidation sites excluding steroid dienone is 1. The summed E-state index contributed by atoms with van der Waals surface area (Å²) in [6.45, 7) is 0. The van der Waals surface area contributed by atoms with Gasteiger partial charge in [0.1, 0.15) is 0 Å². The fourth-order valence-electron chi connectivity index (χ4n) is 9.52. The maximum Gasteiger partial charge on any atom is 0.160 e. The van der Waals surface area contributed by atoms with Crippen molar-refractivity contribution in [3.05, 3.63) is 203 Å². The summed E-state index contributed by atoms with van der Waals surface area (Å²) in [7, 11) is 0. The minimum Gasteiger partial charge on any atom is -0.351 e. The molecule has 0 bridgehead atoms. The van der Waals surface area contributed by atoms with Crippen LogP contribution in [0.3, 0.4) is 0 Å². The minimum absolute atomic E-state index is 0.0515. The highest BCUT2D eigenvalue weighted by Crippen LogP contribution is 2.47. The molecular weight excluding hydrogens is 713 g/mol. The van der Waals surface area contributed by atoms with E-state index in [-0.39, 0.29) is 12.3 Å². The van der Waals surface area contributed by atoms with Crippen LogP contribution < -0.4 is 10.6 Å². The van der Waals surface area contributed by atoms with Gasteiger partial charge in [-0.2, -0.15) is 0 Å². The second-order valence-electron chi connectivity index (χ2n) is 15.3. The average molecular weight is 751 g/mol. The highest BCUT2D eigenvalue weighted by atomic mass is 32.1. The third-order valence-corrected chi connectivity index (χ3v) is 13.4. The summed E-state index contributed by atoms with van der Waals surface area (Å²) < 4.78 is 6.29. The van der Waals surface area contributed by atoms with Crippen molar-refractivity contribution in [3.8, 4) is 16.8 Å². The van der Waals surface area contributed by atoms with Crippen LogP contribution in [0, 0.1) is 0 Å². The molecular formula is C52H38N4S. The van der Waals surface area contributed by atoms with Gasteiger partial charge < -0.3 is 14.5 Å². The lowest BCUT2D eigenvalue weighted by Gasteiger charge is -2.35. The first kappa shape index (κ1) is 32.6. The Morgan fingerprint density at radius 2 is 1.18 bits per heavy atom. The maximum absolute atomic E-state index is 4.08. The molecule has 1 aliphatic heterocycles. The number of thiophene rings is 1. The van der Waals surface area contributed by atoms with E-state index in [1.165, 1.54) is 98.1 Å². The van der Waals surface area contributed by atoms with Crippen LogP contribution >= 0.6 is 11.3 Å². The van der Waals surface area contributed by atoms with Crippen LogP contribution in [-0.2, 0) is 6.42 Å². The Hall–Kier alpha value is -6.66. The quantitative estimate of drug-likeness (QED) is 0.184. The molecule has 5 heteroatoms. The van der Waals surface area contributed by atoms with Crippen LogP contribution in [0.15, 0.2) is 176 Å². The first-order chi connectivity index (χ1) is 28.3. The van der Waals surface area contributed by atoms with Crippen molar-refractivity contribution in [1.29, 1.82) is 0 Å². The van der Waals surface area contributed by atoms with E-state index in [0.29, 0.717) is 0 Å². The Morgan fingerprint density at radius 1 is 0.526 bits per heavy atom. The van der Waals surface area contributed by atoms with E-state index in [0.717, 1.165) is 12.8 Å². The van der Waals surface area contributed by atoms with Gasteiger partial charge in [-0.1, -0.05) is 140 Å². The molecule has 3 aromatic heterocycles. The molecule has 57 heavy (non-hydrogen) atoms. The van der Waals surface area contributed by atoms with Crippen molar-refractivity contribution in [2.75, 3.05) is 5.32 Å². The normalized spacial score (nSPS) is 16.5. The summed E-state index contributed by atoms with van der Waals surface area (Å²) in [5.74, 6) is 0. The first-order valence-corrected chi connectivity index (χ1v) is 20.7. The SMILES string of the molecule is C1=C(c2ccc3c4ccccc4n(C4Nc5c(sc6ccccc56)C(c5ccccc5)N4)c3c2)CCc2c1c1ccccc1n2-c1ccc(-c2ccccc2)cc1. The van der Waals surface area contributed by atoms with Gasteiger partial charge in [0.2, 0.25) is 0 Å². The number of anilines is 1. The summed E-state index contributed by atoms with van der Waals surface area (Å²) in [4.78, 5) is 1.33. The van der Waals surface area contributed by atoms with Crippen molar-refractivity contribution in [3.63, 3.8) is 0 Å². The van der Waals surface area contributed by atoms with Gasteiger partial charge in [-0.05, 0) is 83.1 Å². The van der Waals surface area contributed by atoms with Gasteiger partial charge in [0, 0.05) is 43.2 Å². The number of hydrogen-bond donors (Lipinski definition) is 2. The molecule has 0 amide bonds. The summed E-state index contributed by atoms with van der Waals surface area (Å²) >= 11 is 1.88. The second kappa shape index (κ2) is 13.0. The third-order valence-electron chi connectivity index (χ3n) is 12.2. The Kier molecular flexibility index (Phi) is 7.40. The molecule has 12 rings (SSSR count). The van der Waals surface area contributed by atoms with Gasteiger partial charge in [-0.3, -0.25) is 5.32 Å². The molecule has 2 aliphatic rings. The van der Waals surface area contributed by atoms with Crippen LogP contribution in [0.25, 0.3) is 71.3 Å². The first-order valence-electron chi connectivity index (χ1n) is 19.9. The van der Waals surface area contributed by atoms with Crippen LogP contribution in [0.5, 0.6) is 0 Å². The zero-order chi connectivity index (χ0) is 37.5. The molecule has 2 atom stereocenters. The highest BCUT2D eigenvalue weighted by Gasteiger charge is 2.33. The van der Waals surface area contributed by atoms with E-state index >= 15 is 0 Å². The van der Waals surface area contributed by atoms with Gasteiger partial charge >= 0.3 is 0 Å². The van der Waals surface area contributed by atoms with E-state index in [4.69, 9.17) is 0 Å². The standard InChI is InChI=1S/C52H38N4S/c1-3-13-33(14-4-1)34-23-27-38(28-24-34)55-44-20-10-8-18-40(44)43-31-36(26-30-46(43)55)37-25-29-41-39-17-7-11-21-45(39)56(47(41)32-37)52-53-49(35-15-5-2-6-16-35)51-50(54-52)42-19-9-12-22-48(42)57-51/h1-25,27-29,31-32,49,52-54H,26,30H2. The number of nitrogens with one attached hydrogen (secondary N) is 2. The lowest BCUT2D eigenvalue weighted by atomic mass is 9.91. The van der Waals surface area contributed by atoms with Crippen LogP contribution in [0.2, 0.25) is 0 Å². The van der Waals surface area contributed by atoms with Crippen molar-refractivity contribution in [1.82, 2.24) is 14.5 Å². The Bertz CT molecular complexity index is 3180. The van der Waals surface area contributed by atoms with E-state index in [9.17, 15) is 0 Å². The maximum atomic E-state index is 4.08. The van der Waals surface area contributed by atoms with E-state index < -0.39 is 0 Å². The summed E-state index contributed by atoms with van der Waals surface area (Å²) in [6.07, 6.45) is 4.24. The van der Waals surface area contributed by atoms with Crippen molar-refractivity contribution in [2.45, 2.75) is 25.2 Å². The topological polar surface area (TPSA) is 33.9 Å². The van der Waals surface area contributed by atoms with E-state index in [1.807, 2.05) is 11.3 Å². The van der Waals surface area contributed by atoms with Crippen LogP contribution in [0.4, 0.5) is 5.69 Å². The minimum atomic E-state index is -0.170. The zero-order valence-electron chi connectivity index (χ0n) is 31.2. The smallest absolute Gasteiger partial charge is 0.160 e. The average Bonchev–Trinajstić information content (AvgIpc) is 3.94. The molecule has 10 aromatic rings. The molecule has 0 saturated heterocycles. The molecule has 2 N–H and O–H groups in total. The third kappa shape index (κ3) is 5.16. The number of para-hydroxylation sites is 2.